The lowest BCUT2D eigenvalue weighted by Gasteiger charge is -1.96. The lowest BCUT2D eigenvalue weighted by atomic mass is 10.1. The Balaban J connectivity index is 2.03. The van der Waals surface area contributed by atoms with Crippen LogP contribution < -0.4 is 0 Å². The molecule has 0 fully saturated rings. The van der Waals surface area contributed by atoms with Gasteiger partial charge in [-0.15, -0.1) is 0 Å². The standard InChI is InChI=1S/C12H14N2O2/c1-9(15)7-12-13-11(14-16-12)8-10-5-3-2-4-6-10/h2-6,9,15H,7-8H2,1H3. The van der Waals surface area contributed by atoms with Crippen LogP contribution in [0, 0.1) is 0 Å². The van der Waals surface area contributed by atoms with E-state index in [1.165, 1.54) is 0 Å². The zero-order valence-corrected chi connectivity index (χ0v) is 9.13. The Morgan fingerprint density at radius 1 is 1.31 bits per heavy atom. The SMILES string of the molecule is CC(O)Cc1nc(Cc2ccccc2)no1. The second-order valence-electron chi connectivity index (χ2n) is 3.82. The zero-order chi connectivity index (χ0) is 11.4. The summed E-state index contributed by atoms with van der Waals surface area (Å²) >= 11 is 0. The fourth-order valence-electron chi connectivity index (χ4n) is 1.48. The van der Waals surface area contributed by atoms with Gasteiger partial charge in [0.05, 0.1) is 12.5 Å². The number of aromatic nitrogens is 2. The van der Waals surface area contributed by atoms with Crippen molar-refractivity contribution in [3.8, 4) is 0 Å². The van der Waals surface area contributed by atoms with E-state index in [4.69, 9.17) is 4.52 Å². The maximum absolute atomic E-state index is 9.18. The zero-order valence-electron chi connectivity index (χ0n) is 9.13. The van der Waals surface area contributed by atoms with Crippen LogP contribution >= 0.6 is 0 Å². The largest absolute Gasteiger partial charge is 0.393 e. The Morgan fingerprint density at radius 3 is 2.75 bits per heavy atom. The number of aliphatic hydroxyl groups excluding tert-OH is 1. The molecule has 0 aliphatic rings. The smallest absolute Gasteiger partial charge is 0.229 e. The van der Waals surface area contributed by atoms with E-state index in [0.717, 1.165) is 5.56 Å². The van der Waals surface area contributed by atoms with Crippen molar-refractivity contribution in [3.05, 3.63) is 47.6 Å². The topological polar surface area (TPSA) is 59.2 Å². The van der Waals surface area contributed by atoms with Gasteiger partial charge in [0.2, 0.25) is 5.89 Å². The van der Waals surface area contributed by atoms with E-state index in [0.29, 0.717) is 24.6 Å². The number of nitrogens with zero attached hydrogens (tertiary/aromatic N) is 2. The minimum absolute atomic E-state index is 0.405. The minimum Gasteiger partial charge on any atom is -0.393 e. The number of hydrogen-bond acceptors (Lipinski definition) is 4. The highest BCUT2D eigenvalue weighted by Gasteiger charge is 2.09. The summed E-state index contributed by atoms with van der Waals surface area (Å²) in [6, 6.07) is 9.96. The first-order chi connectivity index (χ1) is 7.74. The molecule has 0 spiro atoms. The maximum atomic E-state index is 9.18. The van der Waals surface area contributed by atoms with Gasteiger partial charge in [-0.2, -0.15) is 4.98 Å². The molecule has 4 heteroatoms. The molecule has 1 aromatic heterocycles. The van der Waals surface area contributed by atoms with Gasteiger partial charge < -0.3 is 9.63 Å². The van der Waals surface area contributed by atoms with Gasteiger partial charge in [-0.25, -0.2) is 0 Å². The average molecular weight is 218 g/mol. The van der Waals surface area contributed by atoms with Crippen LogP contribution in [0.2, 0.25) is 0 Å². The van der Waals surface area contributed by atoms with Gasteiger partial charge in [0.15, 0.2) is 5.82 Å². The minimum atomic E-state index is -0.454. The van der Waals surface area contributed by atoms with E-state index in [1.54, 1.807) is 6.92 Å². The first-order valence-electron chi connectivity index (χ1n) is 5.27. The summed E-state index contributed by atoms with van der Waals surface area (Å²) in [5, 5.41) is 13.0. The maximum Gasteiger partial charge on any atom is 0.229 e. The summed E-state index contributed by atoms with van der Waals surface area (Å²) in [7, 11) is 0. The lowest BCUT2D eigenvalue weighted by molar-refractivity contribution is 0.181. The summed E-state index contributed by atoms with van der Waals surface area (Å²) in [6.07, 6.45) is 0.608. The van der Waals surface area contributed by atoms with Crippen molar-refractivity contribution in [1.82, 2.24) is 10.1 Å². The predicted molar refractivity (Wildman–Crippen MR) is 58.9 cm³/mol. The second kappa shape index (κ2) is 4.90. The summed E-state index contributed by atoms with van der Waals surface area (Å²) in [6.45, 7) is 1.70. The second-order valence-corrected chi connectivity index (χ2v) is 3.82. The van der Waals surface area contributed by atoms with Crippen LogP contribution in [-0.2, 0) is 12.8 Å². The number of benzene rings is 1. The molecule has 16 heavy (non-hydrogen) atoms. The van der Waals surface area contributed by atoms with E-state index in [2.05, 4.69) is 10.1 Å². The van der Waals surface area contributed by atoms with Crippen molar-refractivity contribution in [2.45, 2.75) is 25.9 Å². The highest BCUT2D eigenvalue weighted by atomic mass is 16.5. The summed E-state index contributed by atoms with van der Waals surface area (Å²) in [5.74, 6) is 1.14. The summed E-state index contributed by atoms with van der Waals surface area (Å²) < 4.78 is 5.03. The highest BCUT2D eigenvalue weighted by Crippen LogP contribution is 2.07. The number of hydrogen-bond donors (Lipinski definition) is 1. The molecule has 1 heterocycles. The summed E-state index contributed by atoms with van der Waals surface area (Å²) in [4.78, 5) is 4.21. The van der Waals surface area contributed by atoms with E-state index >= 15 is 0 Å². The van der Waals surface area contributed by atoms with Crippen LogP contribution in [0.4, 0.5) is 0 Å². The Bertz CT molecular complexity index is 437. The molecule has 1 atom stereocenters. The van der Waals surface area contributed by atoms with Gasteiger partial charge >= 0.3 is 0 Å². The number of aliphatic hydroxyl groups is 1. The molecular formula is C12H14N2O2. The van der Waals surface area contributed by atoms with Crippen LogP contribution in [0.5, 0.6) is 0 Å². The third-order valence-corrected chi connectivity index (χ3v) is 2.19. The molecular weight excluding hydrogens is 204 g/mol. The monoisotopic (exact) mass is 218 g/mol. The average Bonchev–Trinajstić information content (AvgIpc) is 2.66. The van der Waals surface area contributed by atoms with Crippen LogP contribution in [0.15, 0.2) is 34.9 Å². The first kappa shape index (κ1) is 10.8. The van der Waals surface area contributed by atoms with E-state index in [9.17, 15) is 5.11 Å². The van der Waals surface area contributed by atoms with Gasteiger partial charge in [0.1, 0.15) is 0 Å². The molecule has 84 valence electrons. The Kier molecular flexibility index (Phi) is 3.31. The molecule has 1 unspecified atom stereocenters. The normalized spacial score (nSPS) is 12.6. The van der Waals surface area contributed by atoms with Gasteiger partial charge in [-0.05, 0) is 12.5 Å². The molecule has 0 radical (unpaired) electrons. The molecule has 1 N–H and O–H groups in total. The van der Waals surface area contributed by atoms with Crippen LogP contribution in [0.3, 0.4) is 0 Å². The Labute approximate surface area is 93.9 Å². The van der Waals surface area contributed by atoms with E-state index in [1.807, 2.05) is 30.3 Å². The Hall–Kier alpha value is -1.68. The Morgan fingerprint density at radius 2 is 2.06 bits per heavy atom. The molecule has 0 bridgehead atoms. The molecule has 1 aromatic carbocycles. The number of rotatable bonds is 4. The fourth-order valence-corrected chi connectivity index (χ4v) is 1.48. The molecule has 0 saturated carbocycles. The van der Waals surface area contributed by atoms with E-state index < -0.39 is 6.10 Å². The van der Waals surface area contributed by atoms with Gasteiger partial charge in [0, 0.05) is 6.42 Å². The molecule has 2 rings (SSSR count). The van der Waals surface area contributed by atoms with Crippen LogP contribution in [0.25, 0.3) is 0 Å². The van der Waals surface area contributed by atoms with Gasteiger partial charge in [-0.1, -0.05) is 35.5 Å². The fraction of sp³-hybridized carbons (Fsp3) is 0.333. The molecule has 2 aromatic rings. The van der Waals surface area contributed by atoms with Crippen molar-refractivity contribution in [3.63, 3.8) is 0 Å². The van der Waals surface area contributed by atoms with Crippen LogP contribution in [0.1, 0.15) is 24.2 Å². The van der Waals surface area contributed by atoms with Crippen molar-refractivity contribution in [2.24, 2.45) is 0 Å². The van der Waals surface area contributed by atoms with Gasteiger partial charge in [0.25, 0.3) is 0 Å². The molecule has 0 aliphatic heterocycles. The van der Waals surface area contributed by atoms with Crippen molar-refractivity contribution >= 4 is 0 Å². The third-order valence-electron chi connectivity index (χ3n) is 2.19. The molecule has 0 saturated heterocycles. The quantitative estimate of drug-likeness (QED) is 0.846. The molecule has 0 amide bonds. The molecule has 0 aliphatic carbocycles. The third kappa shape index (κ3) is 2.90. The van der Waals surface area contributed by atoms with E-state index in [-0.39, 0.29) is 0 Å². The highest BCUT2D eigenvalue weighted by molar-refractivity contribution is 5.18. The van der Waals surface area contributed by atoms with Crippen molar-refractivity contribution in [2.75, 3.05) is 0 Å². The van der Waals surface area contributed by atoms with Crippen LogP contribution in [-0.4, -0.2) is 21.4 Å². The van der Waals surface area contributed by atoms with Crippen molar-refractivity contribution < 1.29 is 9.63 Å². The lowest BCUT2D eigenvalue weighted by Crippen LogP contribution is -2.04. The molecule has 4 nitrogen and oxygen atoms in total. The van der Waals surface area contributed by atoms with Crippen molar-refractivity contribution in [1.29, 1.82) is 0 Å². The van der Waals surface area contributed by atoms with Gasteiger partial charge in [-0.3, -0.25) is 0 Å². The first-order valence-corrected chi connectivity index (χ1v) is 5.27. The predicted octanol–water partition coefficient (Wildman–Crippen LogP) is 1.58. The summed E-state index contributed by atoms with van der Waals surface area (Å²) in [5.41, 5.74) is 1.15.